The number of ether oxygens (including phenoxy) is 1. The van der Waals surface area contributed by atoms with Crippen molar-refractivity contribution in [2.24, 2.45) is 5.73 Å². The molecule has 3 nitrogen and oxygen atoms in total. The van der Waals surface area contributed by atoms with E-state index >= 15 is 0 Å². The third-order valence-electron chi connectivity index (χ3n) is 3.61. The van der Waals surface area contributed by atoms with Gasteiger partial charge in [-0.15, -0.1) is 0 Å². The molecule has 0 amide bonds. The highest BCUT2D eigenvalue weighted by atomic mass is 35.5. The number of nitrogens with zero attached hydrogens (tertiary/aromatic N) is 1. The Morgan fingerprint density at radius 2 is 2.26 bits per heavy atom. The van der Waals surface area contributed by atoms with Gasteiger partial charge in [-0.3, -0.25) is 4.90 Å². The lowest BCUT2D eigenvalue weighted by Gasteiger charge is -2.41. The fraction of sp³-hybridized carbons (Fsp3) is 0.571. The highest BCUT2D eigenvalue weighted by molar-refractivity contribution is 6.30. The molecule has 0 saturated carbocycles. The van der Waals surface area contributed by atoms with Gasteiger partial charge in [0.05, 0.1) is 17.7 Å². The molecule has 0 bridgehead atoms. The van der Waals surface area contributed by atoms with E-state index in [0.29, 0.717) is 13.2 Å². The Hall–Kier alpha value is -0.680. The Balaban J connectivity index is 2.25. The van der Waals surface area contributed by atoms with Crippen LogP contribution in [0, 0.1) is 5.82 Å². The molecule has 0 aromatic heterocycles. The Bertz CT molecular complexity index is 443. The van der Waals surface area contributed by atoms with E-state index in [2.05, 4.69) is 11.8 Å². The fourth-order valence-electron chi connectivity index (χ4n) is 2.55. The molecule has 1 heterocycles. The lowest BCUT2D eigenvalue weighted by atomic mass is 10.0. The van der Waals surface area contributed by atoms with Gasteiger partial charge in [0.25, 0.3) is 0 Å². The quantitative estimate of drug-likeness (QED) is 0.928. The van der Waals surface area contributed by atoms with Gasteiger partial charge in [0.1, 0.15) is 5.82 Å². The predicted octanol–water partition coefficient (Wildman–Crippen LogP) is 2.59. The summed E-state index contributed by atoms with van der Waals surface area (Å²) < 4.78 is 19.2. The first-order valence-electron chi connectivity index (χ1n) is 6.55. The van der Waals surface area contributed by atoms with Crippen molar-refractivity contribution in [2.45, 2.75) is 32.0 Å². The average molecular weight is 287 g/mol. The van der Waals surface area contributed by atoms with E-state index in [9.17, 15) is 4.39 Å². The Kier molecular flexibility index (Phi) is 4.79. The van der Waals surface area contributed by atoms with E-state index in [-0.39, 0.29) is 23.2 Å². The van der Waals surface area contributed by atoms with Gasteiger partial charge in [0, 0.05) is 25.2 Å². The van der Waals surface area contributed by atoms with Crippen LogP contribution in [0.5, 0.6) is 0 Å². The third kappa shape index (κ3) is 3.26. The first-order chi connectivity index (χ1) is 9.02. The maximum atomic E-state index is 13.6. The highest BCUT2D eigenvalue weighted by Crippen LogP contribution is 2.27. The summed E-state index contributed by atoms with van der Waals surface area (Å²) in [4.78, 5) is 2.27. The first-order valence-corrected chi connectivity index (χ1v) is 6.93. The van der Waals surface area contributed by atoms with Crippen LogP contribution in [-0.4, -0.2) is 36.7 Å². The van der Waals surface area contributed by atoms with E-state index in [1.54, 1.807) is 6.07 Å². The number of morpholine rings is 1. The maximum Gasteiger partial charge on any atom is 0.142 e. The van der Waals surface area contributed by atoms with Crippen LogP contribution in [-0.2, 0) is 4.74 Å². The van der Waals surface area contributed by atoms with Gasteiger partial charge in [-0.1, -0.05) is 17.7 Å². The highest BCUT2D eigenvalue weighted by Gasteiger charge is 2.30. The van der Waals surface area contributed by atoms with E-state index in [1.807, 2.05) is 13.0 Å². The summed E-state index contributed by atoms with van der Waals surface area (Å²) in [7, 11) is 0. The van der Waals surface area contributed by atoms with Crippen molar-refractivity contribution in [3.63, 3.8) is 0 Å². The Morgan fingerprint density at radius 3 is 2.89 bits per heavy atom. The van der Waals surface area contributed by atoms with Crippen LogP contribution < -0.4 is 5.73 Å². The first kappa shape index (κ1) is 14.7. The molecule has 1 saturated heterocycles. The molecule has 0 aliphatic carbocycles. The van der Waals surface area contributed by atoms with Crippen molar-refractivity contribution in [3.8, 4) is 0 Å². The zero-order chi connectivity index (χ0) is 14.0. The molecule has 2 N–H and O–H groups in total. The standard InChI is InChI=1S/C14H20ClFN2O/c1-9-8-19-10(2)7-18(9)14(6-17)11-3-4-12(15)13(16)5-11/h3-5,9-10,14H,6-8,17H2,1-2H3. The summed E-state index contributed by atoms with van der Waals surface area (Å²) >= 11 is 5.73. The molecule has 2 rings (SSSR count). The van der Waals surface area contributed by atoms with Gasteiger partial charge in [-0.2, -0.15) is 0 Å². The smallest absolute Gasteiger partial charge is 0.142 e. The van der Waals surface area contributed by atoms with Crippen molar-refractivity contribution in [1.29, 1.82) is 0 Å². The predicted molar refractivity (Wildman–Crippen MR) is 74.8 cm³/mol. The van der Waals surface area contributed by atoms with E-state index in [4.69, 9.17) is 22.1 Å². The molecule has 5 heteroatoms. The number of rotatable bonds is 3. The van der Waals surface area contributed by atoms with Crippen molar-refractivity contribution in [1.82, 2.24) is 4.90 Å². The minimum atomic E-state index is -0.397. The second-order valence-electron chi connectivity index (χ2n) is 5.11. The molecule has 1 aromatic carbocycles. The molecular formula is C14H20ClFN2O. The van der Waals surface area contributed by atoms with Gasteiger partial charge in [-0.05, 0) is 31.5 Å². The van der Waals surface area contributed by atoms with Gasteiger partial charge in [0.15, 0.2) is 0 Å². The van der Waals surface area contributed by atoms with Crippen LogP contribution in [0.25, 0.3) is 0 Å². The lowest BCUT2D eigenvalue weighted by molar-refractivity contribution is -0.0654. The van der Waals surface area contributed by atoms with Gasteiger partial charge in [0.2, 0.25) is 0 Å². The molecular weight excluding hydrogens is 267 g/mol. The van der Waals surface area contributed by atoms with Gasteiger partial charge >= 0.3 is 0 Å². The van der Waals surface area contributed by atoms with Crippen LogP contribution in [0.4, 0.5) is 4.39 Å². The largest absolute Gasteiger partial charge is 0.376 e. The number of nitrogens with two attached hydrogens (primary N) is 1. The van der Waals surface area contributed by atoms with Crippen LogP contribution in [0.3, 0.4) is 0 Å². The van der Waals surface area contributed by atoms with Crippen molar-refractivity contribution < 1.29 is 9.13 Å². The summed E-state index contributed by atoms with van der Waals surface area (Å²) in [5, 5.41) is 0.142. The van der Waals surface area contributed by atoms with Gasteiger partial charge < -0.3 is 10.5 Å². The maximum absolute atomic E-state index is 13.6. The van der Waals surface area contributed by atoms with Crippen LogP contribution in [0.2, 0.25) is 5.02 Å². The van der Waals surface area contributed by atoms with E-state index < -0.39 is 5.82 Å². The molecule has 3 atom stereocenters. The zero-order valence-corrected chi connectivity index (χ0v) is 12.0. The SMILES string of the molecule is CC1CN(C(CN)c2ccc(Cl)c(F)c2)C(C)CO1. The second kappa shape index (κ2) is 6.18. The number of hydrogen-bond donors (Lipinski definition) is 1. The van der Waals surface area contributed by atoms with Gasteiger partial charge in [-0.25, -0.2) is 4.39 Å². The van der Waals surface area contributed by atoms with Crippen molar-refractivity contribution in [2.75, 3.05) is 19.7 Å². The van der Waals surface area contributed by atoms with E-state index in [0.717, 1.165) is 12.1 Å². The molecule has 1 fully saturated rings. The lowest BCUT2D eigenvalue weighted by Crippen LogP contribution is -2.50. The number of hydrogen-bond acceptors (Lipinski definition) is 3. The molecule has 0 radical (unpaired) electrons. The summed E-state index contributed by atoms with van der Waals surface area (Å²) in [6.07, 6.45) is 0.169. The molecule has 106 valence electrons. The van der Waals surface area contributed by atoms with Crippen LogP contribution in [0.15, 0.2) is 18.2 Å². The average Bonchev–Trinajstić information content (AvgIpc) is 2.38. The molecule has 1 aromatic rings. The zero-order valence-electron chi connectivity index (χ0n) is 11.3. The minimum absolute atomic E-state index is 0.00637. The number of halogens is 2. The van der Waals surface area contributed by atoms with Crippen molar-refractivity contribution in [3.05, 3.63) is 34.6 Å². The van der Waals surface area contributed by atoms with E-state index in [1.165, 1.54) is 6.07 Å². The number of benzene rings is 1. The van der Waals surface area contributed by atoms with Crippen LogP contribution in [0.1, 0.15) is 25.5 Å². The second-order valence-corrected chi connectivity index (χ2v) is 5.52. The van der Waals surface area contributed by atoms with Crippen molar-refractivity contribution >= 4 is 11.6 Å². The molecule has 3 unspecified atom stereocenters. The summed E-state index contributed by atoms with van der Waals surface area (Å²) in [6, 6.07) is 5.17. The molecule has 1 aliphatic rings. The topological polar surface area (TPSA) is 38.5 Å². The third-order valence-corrected chi connectivity index (χ3v) is 3.91. The molecule has 1 aliphatic heterocycles. The fourth-order valence-corrected chi connectivity index (χ4v) is 2.66. The molecule has 0 spiro atoms. The Morgan fingerprint density at radius 1 is 1.53 bits per heavy atom. The minimum Gasteiger partial charge on any atom is -0.376 e. The monoisotopic (exact) mass is 286 g/mol. The summed E-state index contributed by atoms with van der Waals surface area (Å²) in [5.41, 5.74) is 6.76. The molecule has 19 heavy (non-hydrogen) atoms. The van der Waals surface area contributed by atoms with Crippen LogP contribution >= 0.6 is 11.6 Å². The Labute approximate surface area is 118 Å². The normalized spacial score (nSPS) is 26.4. The summed E-state index contributed by atoms with van der Waals surface area (Å²) in [6.45, 7) is 6.05. The summed E-state index contributed by atoms with van der Waals surface area (Å²) in [5.74, 6) is -0.397.